The molecule has 0 saturated carbocycles. The monoisotopic (exact) mass is 337 g/mol. The number of rotatable bonds is 4. The van der Waals surface area contributed by atoms with Gasteiger partial charge in [-0.2, -0.15) is 0 Å². The topological polar surface area (TPSA) is 29.4 Å². The minimum atomic E-state index is -3.24. The van der Waals surface area contributed by atoms with Gasteiger partial charge < -0.3 is 0 Å². The Morgan fingerprint density at radius 1 is 0.792 bits per heavy atom. The number of benzene rings is 3. The summed E-state index contributed by atoms with van der Waals surface area (Å²) in [6.07, 6.45) is 0. The molecular weight excluding hydrogens is 320 g/mol. The van der Waals surface area contributed by atoms with Crippen molar-refractivity contribution in [2.75, 3.05) is 0 Å². The zero-order valence-corrected chi connectivity index (χ0v) is 14.2. The third-order valence-corrected chi connectivity index (χ3v) is 6.34. The average molecular weight is 337 g/mol. The van der Waals surface area contributed by atoms with Crippen LogP contribution in [0, 0.1) is 5.82 Å². The highest BCUT2D eigenvalue weighted by atomic mass is 31.2. The van der Waals surface area contributed by atoms with Crippen molar-refractivity contribution in [3.63, 3.8) is 0 Å². The Hall–Kier alpha value is -2.51. The molecule has 0 N–H and O–H groups in total. The Labute approximate surface area is 141 Å². The normalized spacial score (nSPS) is 12.2. The fraction of sp³-hybridized carbons (Fsp3) is 0.0500. The Morgan fingerprint density at radius 3 is 1.75 bits per heavy atom. The van der Waals surface area contributed by atoms with Crippen LogP contribution in [0.2, 0.25) is 0 Å². The van der Waals surface area contributed by atoms with Crippen molar-refractivity contribution in [3.8, 4) is 0 Å². The molecule has 0 heterocycles. The lowest BCUT2D eigenvalue weighted by atomic mass is 10.1. The largest absolute Gasteiger partial charge is 0.288 e. The van der Waals surface area contributed by atoms with Gasteiger partial charge in [-0.25, -0.2) is 9.15 Å². The first-order valence-electron chi connectivity index (χ1n) is 7.64. The van der Waals surface area contributed by atoms with Crippen molar-refractivity contribution in [3.05, 3.63) is 96.3 Å². The summed E-state index contributed by atoms with van der Waals surface area (Å²) in [5, 5.41) is 1.26. The number of hydrogen-bond donors (Lipinski definition) is 0. The van der Waals surface area contributed by atoms with Crippen molar-refractivity contribution in [2.24, 2.45) is 4.76 Å². The van der Waals surface area contributed by atoms with Gasteiger partial charge in [0.2, 0.25) is 7.29 Å². The number of halogens is 1. The fourth-order valence-corrected chi connectivity index (χ4v) is 4.76. The molecule has 0 aromatic heterocycles. The van der Waals surface area contributed by atoms with Crippen LogP contribution >= 0.6 is 7.29 Å². The number of nitrogens with zero attached hydrogens (tertiary/aromatic N) is 1. The molecule has 0 spiro atoms. The second-order valence-corrected chi connectivity index (χ2v) is 7.80. The third kappa shape index (κ3) is 3.22. The summed E-state index contributed by atoms with van der Waals surface area (Å²) < 4.78 is 32.4. The van der Waals surface area contributed by atoms with Crippen molar-refractivity contribution >= 4 is 23.6 Å². The predicted molar refractivity (Wildman–Crippen MR) is 98.4 cm³/mol. The average Bonchev–Trinajstić information content (AvgIpc) is 2.63. The van der Waals surface area contributed by atoms with E-state index in [1.807, 2.05) is 36.4 Å². The molecule has 0 saturated heterocycles. The van der Waals surface area contributed by atoms with Gasteiger partial charge in [-0.05, 0) is 37.3 Å². The van der Waals surface area contributed by atoms with Crippen LogP contribution in [0.25, 0.3) is 0 Å². The fourth-order valence-electron chi connectivity index (χ4n) is 2.54. The molecule has 3 aromatic rings. The summed E-state index contributed by atoms with van der Waals surface area (Å²) in [5.41, 5.74) is 0.786. The molecule has 24 heavy (non-hydrogen) atoms. The predicted octanol–water partition coefficient (Wildman–Crippen LogP) is 4.56. The zero-order chi connectivity index (χ0) is 17.0. The van der Waals surface area contributed by atoms with Crippen molar-refractivity contribution in [1.29, 1.82) is 0 Å². The summed E-state index contributed by atoms with van der Waals surface area (Å²) in [7, 11) is -3.24. The Bertz CT molecular complexity index is 864. The summed E-state index contributed by atoms with van der Waals surface area (Å²) in [6, 6.07) is 24.6. The molecule has 120 valence electrons. The minimum absolute atomic E-state index is 0.365. The first-order valence-corrected chi connectivity index (χ1v) is 9.30. The van der Waals surface area contributed by atoms with Gasteiger partial charge in [0.1, 0.15) is 5.82 Å². The van der Waals surface area contributed by atoms with Crippen LogP contribution in [0.15, 0.2) is 89.7 Å². The van der Waals surface area contributed by atoms with Gasteiger partial charge in [0.15, 0.2) is 0 Å². The summed E-state index contributed by atoms with van der Waals surface area (Å²) in [6.45, 7) is 1.69. The third-order valence-electron chi connectivity index (χ3n) is 3.77. The van der Waals surface area contributed by atoms with Gasteiger partial charge in [-0.3, -0.25) is 4.57 Å². The molecule has 0 atom stereocenters. The van der Waals surface area contributed by atoms with Gasteiger partial charge in [0.05, 0.1) is 5.71 Å². The maximum absolute atomic E-state index is 14.0. The van der Waals surface area contributed by atoms with Gasteiger partial charge in [-0.15, -0.1) is 0 Å². The first kappa shape index (κ1) is 16.4. The van der Waals surface area contributed by atoms with E-state index in [-0.39, 0.29) is 5.82 Å². The van der Waals surface area contributed by atoms with Crippen LogP contribution in [-0.4, -0.2) is 5.71 Å². The van der Waals surface area contributed by atoms with E-state index in [0.717, 1.165) is 0 Å². The second-order valence-electron chi connectivity index (χ2n) is 5.41. The van der Waals surface area contributed by atoms with Gasteiger partial charge in [0.25, 0.3) is 0 Å². The molecule has 0 aliphatic carbocycles. The summed E-state index contributed by atoms with van der Waals surface area (Å²) >= 11 is 0. The number of hydrogen-bond acceptors (Lipinski definition) is 1. The van der Waals surface area contributed by atoms with Gasteiger partial charge in [0, 0.05) is 16.2 Å². The summed E-state index contributed by atoms with van der Waals surface area (Å²) in [4.78, 5) is 0. The van der Waals surface area contributed by atoms with Crippen LogP contribution in [0.1, 0.15) is 12.5 Å². The lowest BCUT2D eigenvalue weighted by molar-refractivity contribution is 0.588. The van der Waals surface area contributed by atoms with Gasteiger partial charge in [-0.1, -0.05) is 54.6 Å². The van der Waals surface area contributed by atoms with E-state index >= 15 is 0 Å². The molecule has 0 radical (unpaired) electrons. The van der Waals surface area contributed by atoms with Crippen LogP contribution in [0.3, 0.4) is 0 Å². The van der Waals surface area contributed by atoms with Crippen LogP contribution in [0.4, 0.5) is 4.39 Å². The molecule has 4 heteroatoms. The van der Waals surface area contributed by atoms with Gasteiger partial charge >= 0.3 is 0 Å². The molecule has 3 aromatic carbocycles. The summed E-state index contributed by atoms with van der Waals surface area (Å²) in [5.74, 6) is -0.369. The highest BCUT2D eigenvalue weighted by Gasteiger charge is 2.27. The molecule has 0 unspecified atom stereocenters. The van der Waals surface area contributed by atoms with E-state index in [9.17, 15) is 8.96 Å². The van der Waals surface area contributed by atoms with E-state index in [1.54, 1.807) is 49.4 Å². The standard InChI is InChI=1S/C20H17FNOP/c1-16(19-14-8-9-15-20(19)21)22-24(23,17-10-4-2-5-11-17)18-12-6-3-7-13-18/h2-15H,1H3/b22-16-. The van der Waals surface area contributed by atoms with E-state index in [0.29, 0.717) is 21.9 Å². The molecular formula is C20H17FNOP. The first-order chi connectivity index (χ1) is 11.6. The minimum Gasteiger partial charge on any atom is -0.288 e. The van der Waals surface area contributed by atoms with Crippen LogP contribution in [0.5, 0.6) is 0 Å². The lowest BCUT2D eigenvalue weighted by Gasteiger charge is -2.16. The van der Waals surface area contributed by atoms with E-state index in [4.69, 9.17) is 0 Å². The maximum Gasteiger partial charge on any atom is 0.247 e. The van der Waals surface area contributed by atoms with Crippen molar-refractivity contribution in [2.45, 2.75) is 6.92 Å². The Balaban J connectivity index is 2.19. The highest BCUT2D eigenvalue weighted by Crippen LogP contribution is 2.45. The second kappa shape index (κ2) is 6.94. The molecule has 0 aliphatic heterocycles. The van der Waals surface area contributed by atoms with Crippen LogP contribution < -0.4 is 10.6 Å². The molecule has 0 amide bonds. The van der Waals surface area contributed by atoms with E-state index in [1.165, 1.54) is 6.07 Å². The Kier molecular flexibility index (Phi) is 4.73. The molecule has 2 nitrogen and oxygen atoms in total. The van der Waals surface area contributed by atoms with Crippen LogP contribution in [-0.2, 0) is 4.57 Å². The smallest absolute Gasteiger partial charge is 0.247 e. The molecule has 0 fully saturated rings. The molecule has 0 aliphatic rings. The molecule has 3 rings (SSSR count). The quantitative estimate of drug-likeness (QED) is 0.507. The zero-order valence-electron chi connectivity index (χ0n) is 13.3. The lowest BCUT2D eigenvalue weighted by Crippen LogP contribution is -2.15. The van der Waals surface area contributed by atoms with Crippen molar-refractivity contribution in [1.82, 2.24) is 0 Å². The highest BCUT2D eigenvalue weighted by molar-refractivity contribution is 7.77. The SMILES string of the molecule is C/C(=N/P(=O)(c1ccccc1)c1ccccc1)c1ccccc1F. The van der Waals surface area contributed by atoms with E-state index < -0.39 is 7.29 Å². The Morgan fingerprint density at radius 2 is 1.25 bits per heavy atom. The van der Waals surface area contributed by atoms with E-state index in [2.05, 4.69) is 4.76 Å². The maximum atomic E-state index is 14.0. The van der Waals surface area contributed by atoms with Crippen molar-refractivity contribution < 1.29 is 8.96 Å². The molecule has 0 bridgehead atoms.